The highest BCUT2D eigenvalue weighted by Gasteiger charge is 2.77. The Morgan fingerprint density at radius 3 is 2.32 bits per heavy atom. The van der Waals surface area contributed by atoms with E-state index in [-0.39, 0.29) is 17.7 Å². The first kappa shape index (κ1) is 28.2. The highest BCUT2D eigenvalue weighted by atomic mass is 31.2. The van der Waals surface area contributed by atoms with Crippen LogP contribution in [0.2, 0.25) is 0 Å². The number of aliphatic hydroxyl groups is 2. The van der Waals surface area contributed by atoms with Crippen LogP contribution in [0.5, 0.6) is 17.5 Å². The molecule has 0 bridgehead atoms. The van der Waals surface area contributed by atoms with E-state index in [9.17, 15) is 14.8 Å². The molecule has 2 aromatic carbocycles. The van der Waals surface area contributed by atoms with Crippen molar-refractivity contribution in [3.8, 4) is 17.5 Å². The zero-order valence-electron chi connectivity index (χ0n) is 24.1. The Morgan fingerprint density at radius 1 is 1.02 bits per heavy atom. The predicted molar refractivity (Wildman–Crippen MR) is 158 cm³/mol. The van der Waals surface area contributed by atoms with Crippen LogP contribution < -0.4 is 19.5 Å². The summed E-state index contributed by atoms with van der Waals surface area (Å²) in [6.45, 7) is 5.98. The number of piperidine rings is 1. The summed E-state index contributed by atoms with van der Waals surface area (Å²) in [5, 5.41) is 26.2. The molecule has 3 heterocycles. The average Bonchev–Trinajstić information content (AvgIpc) is 3.35. The van der Waals surface area contributed by atoms with Crippen LogP contribution in [0.3, 0.4) is 0 Å². The molecule has 3 aliphatic rings. The number of aromatic nitrogens is 1. The third-order valence-electron chi connectivity index (χ3n) is 9.24. The molecular formula is C32H39N2O6P. The summed E-state index contributed by atoms with van der Waals surface area (Å²) in [5.41, 5.74) is -1.38. The first-order valence-corrected chi connectivity index (χ1v) is 16.9. The number of rotatable bonds is 7. The summed E-state index contributed by atoms with van der Waals surface area (Å²) in [7, 11) is 0.472. The number of likely N-dealkylation sites (tertiary alicyclic amines) is 1. The molecule has 0 radical (unpaired) electrons. The van der Waals surface area contributed by atoms with Gasteiger partial charge in [0.2, 0.25) is 11.8 Å². The Bertz CT molecular complexity index is 1460. The third-order valence-corrected chi connectivity index (χ3v) is 10.8. The van der Waals surface area contributed by atoms with Crippen LogP contribution in [0.25, 0.3) is 0 Å². The van der Waals surface area contributed by atoms with Gasteiger partial charge in [0.1, 0.15) is 12.9 Å². The molecule has 3 aromatic rings. The molecule has 2 N–H and O–H groups in total. The van der Waals surface area contributed by atoms with Crippen LogP contribution in [-0.4, -0.2) is 73.4 Å². The number of aliphatic hydroxyl groups excluding tert-OH is 1. The van der Waals surface area contributed by atoms with Gasteiger partial charge in [0, 0.05) is 29.8 Å². The van der Waals surface area contributed by atoms with Gasteiger partial charge in [0.25, 0.3) is 0 Å². The van der Waals surface area contributed by atoms with Crippen LogP contribution >= 0.6 is 7.14 Å². The first-order valence-electron chi connectivity index (χ1n) is 14.3. The van der Waals surface area contributed by atoms with E-state index in [4.69, 9.17) is 14.2 Å². The quantitative estimate of drug-likeness (QED) is 0.405. The molecule has 218 valence electrons. The van der Waals surface area contributed by atoms with E-state index in [1.165, 1.54) is 20.6 Å². The maximum atomic E-state index is 13.1. The summed E-state index contributed by atoms with van der Waals surface area (Å²) >= 11 is 0. The minimum atomic E-state index is -2.53. The molecule has 0 spiro atoms. The predicted octanol–water partition coefficient (Wildman–Crippen LogP) is 4.08. The Balaban J connectivity index is 1.62. The van der Waals surface area contributed by atoms with Crippen molar-refractivity contribution in [2.45, 2.75) is 42.5 Å². The van der Waals surface area contributed by atoms with Crippen molar-refractivity contribution in [2.75, 3.05) is 47.2 Å². The fraction of sp³-hybridized carbons (Fsp3) is 0.469. The minimum Gasteiger partial charge on any atom is -0.481 e. The number of nitrogens with zero attached hydrogens (tertiary/aromatic N) is 2. The van der Waals surface area contributed by atoms with Crippen molar-refractivity contribution in [1.29, 1.82) is 0 Å². The van der Waals surface area contributed by atoms with Crippen molar-refractivity contribution in [2.24, 2.45) is 5.92 Å². The van der Waals surface area contributed by atoms with Gasteiger partial charge in [-0.25, -0.2) is 0 Å². The lowest BCUT2D eigenvalue weighted by atomic mass is 9.71. The molecular weight excluding hydrogens is 539 g/mol. The van der Waals surface area contributed by atoms with Crippen molar-refractivity contribution < 1.29 is 29.0 Å². The second kappa shape index (κ2) is 10.4. The van der Waals surface area contributed by atoms with E-state index in [2.05, 4.69) is 9.88 Å². The van der Waals surface area contributed by atoms with E-state index in [0.29, 0.717) is 23.4 Å². The van der Waals surface area contributed by atoms with E-state index >= 15 is 0 Å². The van der Waals surface area contributed by atoms with Crippen LogP contribution in [0.4, 0.5) is 0 Å². The van der Waals surface area contributed by atoms with E-state index in [1.807, 2.05) is 54.6 Å². The summed E-state index contributed by atoms with van der Waals surface area (Å²) in [5.74, 6) is -0.0220. The van der Waals surface area contributed by atoms with Crippen LogP contribution in [0.15, 0.2) is 60.7 Å². The minimum absolute atomic E-state index is 0.149. The highest BCUT2D eigenvalue weighted by molar-refractivity contribution is 7.70. The molecule has 1 saturated heterocycles. The number of hydrogen-bond donors (Lipinski definition) is 2. The van der Waals surface area contributed by atoms with Gasteiger partial charge < -0.3 is 33.9 Å². The molecule has 1 aromatic heterocycles. The molecule has 0 amide bonds. The first-order chi connectivity index (χ1) is 19.6. The van der Waals surface area contributed by atoms with Gasteiger partial charge in [-0.3, -0.25) is 0 Å². The molecule has 0 unspecified atom stereocenters. The zero-order chi connectivity index (χ0) is 29.0. The number of fused-ring (bicyclic) bond motifs is 3. The van der Waals surface area contributed by atoms with Gasteiger partial charge in [0.05, 0.1) is 25.9 Å². The topological polar surface area (TPSA) is 101 Å². The highest BCUT2D eigenvalue weighted by Crippen LogP contribution is 2.70. The van der Waals surface area contributed by atoms with Crippen LogP contribution in [-0.2, 0) is 15.8 Å². The lowest BCUT2D eigenvalue weighted by molar-refractivity contribution is -0.152. The average molecular weight is 579 g/mol. The van der Waals surface area contributed by atoms with Crippen LogP contribution in [0.1, 0.15) is 41.9 Å². The second-order valence-electron chi connectivity index (χ2n) is 11.9. The number of hydrogen-bond acceptors (Lipinski definition) is 8. The molecule has 9 heteroatoms. The summed E-state index contributed by atoms with van der Waals surface area (Å²) in [4.78, 5) is 6.88. The van der Waals surface area contributed by atoms with Gasteiger partial charge in [-0.05, 0) is 50.4 Å². The van der Waals surface area contributed by atoms with Crippen molar-refractivity contribution in [1.82, 2.24) is 9.88 Å². The Morgan fingerprint density at radius 2 is 1.71 bits per heavy atom. The van der Waals surface area contributed by atoms with Gasteiger partial charge in [0.15, 0.2) is 11.2 Å². The van der Waals surface area contributed by atoms with E-state index in [0.717, 1.165) is 36.8 Å². The van der Waals surface area contributed by atoms with Crippen molar-refractivity contribution in [3.05, 3.63) is 77.4 Å². The fourth-order valence-electron chi connectivity index (χ4n) is 7.37. The van der Waals surface area contributed by atoms with Gasteiger partial charge in [-0.1, -0.05) is 61.0 Å². The molecule has 6 rings (SSSR count). The molecule has 2 fully saturated rings. The van der Waals surface area contributed by atoms with E-state index in [1.54, 1.807) is 19.4 Å². The largest absolute Gasteiger partial charge is 0.481 e. The third kappa shape index (κ3) is 4.30. The van der Waals surface area contributed by atoms with Crippen molar-refractivity contribution >= 4 is 12.4 Å². The molecule has 1 saturated carbocycles. The molecule has 41 heavy (non-hydrogen) atoms. The van der Waals surface area contributed by atoms with Crippen LogP contribution in [0, 0.1) is 5.92 Å². The fourth-order valence-corrected chi connectivity index (χ4v) is 8.24. The number of pyridine rings is 1. The summed E-state index contributed by atoms with van der Waals surface area (Å²) in [6.07, 6.45) is 2.22. The lowest BCUT2D eigenvalue weighted by Gasteiger charge is -2.41. The zero-order valence-corrected chi connectivity index (χ0v) is 25.0. The SMILES string of the molecule is COc1cc2c(c(OC)n1)[C@]1(O)[C@H](O)[C@H](CN3CCCCC3)[C@@H](c3ccccc3)[C@]1(c1ccc(P(C)(C)=O)cc1)O2. The molecule has 5 atom stereocenters. The molecule has 1 aliphatic carbocycles. The number of benzene rings is 2. The summed E-state index contributed by atoms with van der Waals surface area (Å²) < 4.78 is 31.0. The van der Waals surface area contributed by atoms with Crippen molar-refractivity contribution in [3.63, 3.8) is 0 Å². The normalized spacial score (nSPS) is 29.5. The number of ether oxygens (including phenoxy) is 3. The van der Waals surface area contributed by atoms with Gasteiger partial charge >= 0.3 is 0 Å². The molecule has 8 nitrogen and oxygen atoms in total. The maximum absolute atomic E-state index is 13.1. The van der Waals surface area contributed by atoms with Gasteiger partial charge in [-0.2, -0.15) is 4.98 Å². The molecule has 2 aliphatic heterocycles. The Hall–Kier alpha value is -2.90. The Kier molecular flexibility index (Phi) is 7.18. The van der Waals surface area contributed by atoms with E-state index < -0.39 is 30.4 Å². The second-order valence-corrected chi connectivity index (χ2v) is 15.1. The number of methoxy groups -OCH3 is 2. The lowest BCUT2D eigenvalue weighted by Crippen LogP contribution is -2.52. The smallest absolute Gasteiger partial charge is 0.226 e. The Labute approximate surface area is 241 Å². The summed E-state index contributed by atoms with van der Waals surface area (Å²) in [6, 6.07) is 19.1. The standard InChI is InChI=1S/C32H39N2O6P/c1-38-26-19-25-28(30(33-26)39-2)31(36)29(35)24(20-34-17-9-6-10-18-34)27(21-11-7-5-8-12-21)32(31,40-25)22-13-15-23(16-14-22)41(3,4)37/h5,7-8,11-16,19,24,27,29,35-36H,6,9-10,17-18,20H2,1-4H3/t24-,27-,29-,31+,32+/m1/s1. The van der Waals surface area contributed by atoms with Gasteiger partial charge in [-0.15, -0.1) is 0 Å². The maximum Gasteiger partial charge on any atom is 0.226 e. The monoisotopic (exact) mass is 578 g/mol.